The van der Waals surface area contributed by atoms with Gasteiger partial charge in [-0.05, 0) is 40.0 Å². The van der Waals surface area contributed by atoms with Gasteiger partial charge in [-0.15, -0.1) is 0 Å². The van der Waals surface area contributed by atoms with Crippen molar-refractivity contribution in [1.82, 2.24) is 0 Å². The van der Waals surface area contributed by atoms with E-state index in [0.717, 1.165) is 0 Å². The Morgan fingerprint density at radius 1 is 0.750 bits per heavy atom. The Labute approximate surface area is 117 Å². The smallest absolute Gasteiger partial charge is 0.320 e. The van der Waals surface area contributed by atoms with Crippen LogP contribution in [0.2, 0.25) is 0 Å². The van der Waals surface area contributed by atoms with Crippen LogP contribution in [-0.2, 0) is 0 Å². The predicted molar refractivity (Wildman–Crippen MR) is 87.6 cm³/mol. The highest BCUT2D eigenvalue weighted by Crippen LogP contribution is 2.37. The van der Waals surface area contributed by atoms with Crippen molar-refractivity contribution in [2.24, 2.45) is 0 Å². The topological polar surface area (TPSA) is 3.24 Å². The molecule has 0 radical (unpaired) electrons. The molecule has 0 N–H and O–H groups in total. The zero-order chi connectivity index (χ0) is 13.1. The fourth-order valence-corrected chi connectivity index (χ4v) is 3.61. The van der Waals surface area contributed by atoms with Crippen LogP contribution >= 0.6 is 0 Å². The monoisotopic (exact) mass is 253 g/mol. The summed E-state index contributed by atoms with van der Waals surface area (Å²) in [4.78, 5) is 2.38. The zero-order valence-corrected chi connectivity index (χ0v) is 11.0. The van der Waals surface area contributed by atoms with Gasteiger partial charge in [0.1, 0.15) is 0 Å². The molecule has 0 aliphatic carbocycles. The van der Waals surface area contributed by atoms with Crippen molar-refractivity contribution in [3.05, 3.63) is 72.9 Å². The minimum Gasteiger partial charge on any atom is -0.383 e. The van der Waals surface area contributed by atoms with Crippen molar-refractivity contribution in [2.75, 3.05) is 4.81 Å². The van der Waals surface area contributed by atoms with E-state index in [2.05, 4.69) is 77.7 Å². The van der Waals surface area contributed by atoms with E-state index in [1.165, 1.54) is 32.7 Å². The van der Waals surface area contributed by atoms with E-state index in [4.69, 9.17) is 0 Å². The molecule has 92 valence electrons. The van der Waals surface area contributed by atoms with Gasteiger partial charge in [0.25, 0.3) is 0 Å². The molecule has 0 fully saturated rings. The first kappa shape index (κ1) is 10.3. The largest absolute Gasteiger partial charge is 0.383 e. The second-order valence-electron chi connectivity index (χ2n) is 5.46. The van der Waals surface area contributed by atoms with Gasteiger partial charge in [0.15, 0.2) is 0 Å². The van der Waals surface area contributed by atoms with Crippen molar-refractivity contribution in [3.8, 4) is 0 Å². The predicted octanol–water partition coefficient (Wildman–Crippen LogP) is 3.63. The van der Waals surface area contributed by atoms with E-state index >= 15 is 0 Å². The SMILES string of the molecule is C1=CB2c3cccc4ccc5cccc(c5c34)N2C=C1. The second-order valence-corrected chi connectivity index (χ2v) is 5.46. The lowest BCUT2D eigenvalue weighted by atomic mass is 9.50. The quantitative estimate of drug-likeness (QED) is 0.436. The zero-order valence-electron chi connectivity index (χ0n) is 11.0. The Morgan fingerprint density at radius 3 is 2.45 bits per heavy atom. The van der Waals surface area contributed by atoms with Gasteiger partial charge in [0, 0.05) is 11.1 Å². The maximum Gasteiger partial charge on any atom is 0.320 e. The molecule has 0 spiro atoms. The van der Waals surface area contributed by atoms with E-state index in [1.54, 1.807) is 0 Å². The third kappa shape index (κ3) is 1.14. The number of allylic oxidation sites excluding steroid dienone is 2. The minimum atomic E-state index is 0.323. The average molecular weight is 253 g/mol. The summed E-state index contributed by atoms with van der Waals surface area (Å²) in [6.07, 6.45) is 6.45. The molecular weight excluding hydrogens is 241 g/mol. The van der Waals surface area contributed by atoms with Crippen LogP contribution < -0.4 is 10.3 Å². The molecule has 2 aliphatic heterocycles. The molecule has 0 amide bonds. The van der Waals surface area contributed by atoms with Gasteiger partial charge in [0.05, 0.1) is 0 Å². The summed E-state index contributed by atoms with van der Waals surface area (Å²) in [6, 6.07) is 17.7. The van der Waals surface area contributed by atoms with Gasteiger partial charge in [0.2, 0.25) is 0 Å². The van der Waals surface area contributed by atoms with Crippen LogP contribution in [-0.4, -0.2) is 6.85 Å². The van der Waals surface area contributed by atoms with E-state index < -0.39 is 0 Å². The molecule has 0 saturated carbocycles. The average Bonchev–Trinajstić information content (AvgIpc) is 2.53. The number of rotatable bonds is 0. The van der Waals surface area contributed by atoms with Gasteiger partial charge in [-0.1, -0.05) is 54.5 Å². The second kappa shape index (κ2) is 3.54. The number of nitrogens with zero attached hydrogens (tertiary/aromatic N) is 1. The number of hydrogen-bond donors (Lipinski definition) is 0. The van der Waals surface area contributed by atoms with Gasteiger partial charge in [-0.3, -0.25) is 0 Å². The van der Waals surface area contributed by atoms with Crippen molar-refractivity contribution in [1.29, 1.82) is 0 Å². The number of anilines is 1. The van der Waals surface area contributed by atoms with E-state index in [9.17, 15) is 0 Å². The van der Waals surface area contributed by atoms with Crippen LogP contribution in [0.4, 0.5) is 5.69 Å². The van der Waals surface area contributed by atoms with Crippen molar-refractivity contribution >= 4 is 39.5 Å². The molecule has 0 bridgehead atoms. The standard InChI is InChI=1S/C18H12BN/c1-2-12-20-16-8-4-6-14-10-9-13-5-3-7-15(19(20)11-1)17(13)18(14)16/h1-12H. The first-order chi connectivity index (χ1) is 9.93. The van der Waals surface area contributed by atoms with Crippen LogP contribution in [0.1, 0.15) is 0 Å². The van der Waals surface area contributed by atoms with Crippen molar-refractivity contribution in [3.63, 3.8) is 0 Å². The van der Waals surface area contributed by atoms with Gasteiger partial charge in [-0.25, -0.2) is 0 Å². The normalized spacial score (nSPS) is 15.4. The fraction of sp³-hybridized carbons (Fsp3) is 0. The van der Waals surface area contributed by atoms with E-state index in [1.807, 2.05) is 0 Å². The summed E-state index contributed by atoms with van der Waals surface area (Å²) in [6.45, 7) is 0.323. The lowest BCUT2D eigenvalue weighted by Crippen LogP contribution is -2.47. The number of hydrogen-bond acceptors (Lipinski definition) is 1. The summed E-state index contributed by atoms with van der Waals surface area (Å²) >= 11 is 0. The Kier molecular flexibility index (Phi) is 1.83. The first-order valence-corrected chi connectivity index (χ1v) is 7.01. The maximum atomic E-state index is 2.38. The lowest BCUT2D eigenvalue weighted by molar-refractivity contribution is 1.40. The Morgan fingerprint density at radius 2 is 1.55 bits per heavy atom. The van der Waals surface area contributed by atoms with Crippen LogP contribution in [0.3, 0.4) is 0 Å². The Balaban J connectivity index is 2.08. The molecule has 20 heavy (non-hydrogen) atoms. The first-order valence-electron chi connectivity index (χ1n) is 7.01. The molecule has 0 atom stereocenters. The molecule has 3 aromatic rings. The van der Waals surface area contributed by atoms with Crippen LogP contribution in [0.5, 0.6) is 0 Å². The summed E-state index contributed by atoms with van der Waals surface area (Å²) in [5.41, 5.74) is 2.73. The minimum absolute atomic E-state index is 0.323. The Bertz CT molecular complexity index is 846. The summed E-state index contributed by atoms with van der Waals surface area (Å²) in [5, 5.41) is 5.47. The molecule has 3 aromatic carbocycles. The molecule has 2 heteroatoms. The number of benzene rings is 3. The maximum absolute atomic E-state index is 2.38. The fourth-order valence-electron chi connectivity index (χ4n) is 3.61. The number of fused-ring (bicyclic) bond motifs is 3. The molecule has 2 aliphatic rings. The van der Waals surface area contributed by atoms with Gasteiger partial charge >= 0.3 is 6.85 Å². The molecule has 5 rings (SSSR count). The van der Waals surface area contributed by atoms with Gasteiger partial charge in [-0.2, -0.15) is 0 Å². The summed E-state index contributed by atoms with van der Waals surface area (Å²) in [7, 11) is 0. The van der Waals surface area contributed by atoms with Crippen LogP contribution in [0, 0.1) is 0 Å². The third-order valence-corrected chi connectivity index (χ3v) is 4.44. The Hall–Kier alpha value is -2.48. The lowest BCUT2D eigenvalue weighted by Gasteiger charge is -2.34. The highest BCUT2D eigenvalue weighted by Gasteiger charge is 2.31. The van der Waals surface area contributed by atoms with E-state index in [-0.39, 0.29) is 0 Å². The highest BCUT2D eigenvalue weighted by atomic mass is 15.1. The molecule has 2 heterocycles. The van der Waals surface area contributed by atoms with Crippen LogP contribution in [0.25, 0.3) is 21.5 Å². The van der Waals surface area contributed by atoms with Crippen LogP contribution in [0.15, 0.2) is 72.9 Å². The summed E-state index contributed by atoms with van der Waals surface area (Å²) in [5.74, 6) is 2.28. The molecular formula is C18H12BN. The molecule has 0 aromatic heterocycles. The third-order valence-electron chi connectivity index (χ3n) is 4.44. The molecule has 0 saturated heterocycles. The van der Waals surface area contributed by atoms with Gasteiger partial charge < -0.3 is 4.81 Å². The molecule has 0 unspecified atom stereocenters. The highest BCUT2D eigenvalue weighted by molar-refractivity contribution is 6.85. The summed E-state index contributed by atoms with van der Waals surface area (Å²) < 4.78 is 0. The van der Waals surface area contributed by atoms with Crippen molar-refractivity contribution in [2.45, 2.75) is 0 Å². The van der Waals surface area contributed by atoms with Crippen molar-refractivity contribution < 1.29 is 0 Å². The molecule has 1 nitrogen and oxygen atoms in total. The van der Waals surface area contributed by atoms with E-state index in [0.29, 0.717) is 6.85 Å².